The summed E-state index contributed by atoms with van der Waals surface area (Å²) in [6.07, 6.45) is 3.12. The normalized spacial score (nSPS) is 18.1. The van der Waals surface area contributed by atoms with E-state index >= 15 is 0 Å². The summed E-state index contributed by atoms with van der Waals surface area (Å²) in [4.78, 5) is 26.0. The summed E-state index contributed by atoms with van der Waals surface area (Å²) in [5.74, 6) is -0.302. The van der Waals surface area contributed by atoms with E-state index in [9.17, 15) is 9.59 Å². The Kier molecular flexibility index (Phi) is 3.92. The van der Waals surface area contributed by atoms with E-state index in [1.165, 1.54) is 11.1 Å². The zero-order valence-electron chi connectivity index (χ0n) is 14.1. The molecule has 0 spiro atoms. The lowest BCUT2D eigenvalue weighted by molar-refractivity contribution is 0.0535. The molecule has 128 valence electrons. The number of hydrogen-bond donors (Lipinski definition) is 1. The van der Waals surface area contributed by atoms with Crippen LogP contribution in [0, 0.1) is 0 Å². The van der Waals surface area contributed by atoms with Crippen molar-refractivity contribution in [3.05, 3.63) is 64.7 Å². The largest absolute Gasteiger partial charge is 0.457 e. The van der Waals surface area contributed by atoms with Crippen molar-refractivity contribution in [2.24, 2.45) is 0 Å². The van der Waals surface area contributed by atoms with Crippen LogP contribution >= 0.6 is 0 Å². The Labute approximate surface area is 146 Å². The first kappa shape index (κ1) is 15.7. The molecular formula is C20H20N2O3. The number of fused-ring (bicyclic) bond motifs is 2. The van der Waals surface area contributed by atoms with Crippen LogP contribution in [-0.2, 0) is 17.8 Å². The van der Waals surface area contributed by atoms with Crippen LogP contribution in [0.1, 0.15) is 45.9 Å². The van der Waals surface area contributed by atoms with Crippen molar-refractivity contribution >= 4 is 17.7 Å². The molecule has 4 rings (SSSR count). The molecule has 0 fully saturated rings. The fraction of sp³-hybridized carbons (Fsp3) is 0.300. The van der Waals surface area contributed by atoms with Gasteiger partial charge in [-0.3, -0.25) is 0 Å². The number of nitrogens with zero attached hydrogens (tertiary/aromatic N) is 1. The van der Waals surface area contributed by atoms with Gasteiger partial charge in [0.1, 0.15) is 6.61 Å². The van der Waals surface area contributed by atoms with E-state index in [0.717, 1.165) is 24.8 Å². The molecule has 0 saturated carbocycles. The van der Waals surface area contributed by atoms with Gasteiger partial charge in [-0.1, -0.05) is 24.3 Å². The number of amides is 2. The molecule has 5 nitrogen and oxygen atoms in total. The Morgan fingerprint density at radius 3 is 2.92 bits per heavy atom. The van der Waals surface area contributed by atoms with Gasteiger partial charge in [-0.05, 0) is 48.6 Å². The van der Waals surface area contributed by atoms with Gasteiger partial charge in [-0.2, -0.15) is 0 Å². The highest BCUT2D eigenvalue weighted by Crippen LogP contribution is 2.33. The molecule has 25 heavy (non-hydrogen) atoms. The fourth-order valence-corrected chi connectivity index (χ4v) is 3.69. The van der Waals surface area contributed by atoms with Gasteiger partial charge in [0.05, 0.1) is 11.6 Å². The van der Waals surface area contributed by atoms with Crippen molar-refractivity contribution in [3.8, 4) is 0 Å². The lowest BCUT2D eigenvalue weighted by atomic mass is 9.87. The van der Waals surface area contributed by atoms with Crippen LogP contribution in [0.15, 0.2) is 42.5 Å². The zero-order valence-corrected chi connectivity index (χ0v) is 14.1. The summed E-state index contributed by atoms with van der Waals surface area (Å²) < 4.78 is 5.00. The van der Waals surface area contributed by atoms with E-state index in [1.807, 2.05) is 13.1 Å². The molecule has 5 heteroatoms. The molecule has 1 aliphatic heterocycles. The summed E-state index contributed by atoms with van der Waals surface area (Å²) in [6.45, 7) is 0.268. The molecule has 0 saturated heterocycles. The monoisotopic (exact) mass is 336 g/mol. The van der Waals surface area contributed by atoms with Crippen LogP contribution in [0.4, 0.5) is 10.5 Å². The van der Waals surface area contributed by atoms with Gasteiger partial charge < -0.3 is 15.0 Å². The Balaban J connectivity index is 1.51. The lowest BCUT2D eigenvalue weighted by Gasteiger charge is -2.33. The number of carbonyl (C=O) groups excluding carboxylic acids is 2. The van der Waals surface area contributed by atoms with Crippen molar-refractivity contribution in [2.75, 3.05) is 12.4 Å². The predicted octanol–water partition coefficient (Wildman–Crippen LogP) is 3.90. The number of esters is 1. The number of urea groups is 1. The Morgan fingerprint density at radius 2 is 2.04 bits per heavy atom. The maximum absolute atomic E-state index is 12.7. The topological polar surface area (TPSA) is 58.6 Å². The van der Waals surface area contributed by atoms with Crippen molar-refractivity contribution in [2.45, 2.75) is 31.9 Å². The van der Waals surface area contributed by atoms with Gasteiger partial charge in [0.25, 0.3) is 0 Å². The maximum Gasteiger partial charge on any atom is 0.338 e. The number of ether oxygens (including phenoxy) is 1. The Bertz CT molecular complexity index is 847. The molecular weight excluding hydrogens is 316 g/mol. The van der Waals surface area contributed by atoms with Gasteiger partial charge >= 0.3 is 12.0 Å². The van der Waals surface area contributed by atoms with Crippen LogP contribution in [-0.4, -0.2) is 23.9 Å². The quantitative estimate of drug-likeness (QED) is 0.846. The number of aryl methyl sites for hydroxylation is 1. The minimum Gasteiger partial charge on any atom is -0.457 e. The number of benzene rings is 2. The van der Waals surface area contributed by atoms with E-state index in [4.69, 9.17) is 4.74 Å². The van der Waals surface area contributed by atoms with Gasteiger partial charge in [0, 0.05) is 18.3 Å². The van der Waals surface area contributed by atoms with E-state index in [0.29, 0.717) is 11.3 Å². The highest BCUT2D eigenvalue weighted by Gasteiger charge is 2.27. The highest BCUT2D eigenvalue weighted by atomic mass is 16.5. The van der Waals surface area contributed by atoms with Gasteiger partial charge in [-0.25, -0.2) is 9.59 Å². The molecule has 1 aliphatic carbocycles. The second-order valence-corrected chi connectivity index (χ2v) is 6.60. The first-order chi connectivity index (χ1) is 12.1. The summed E-state index contributed by atoms with van der Waals surface area (Å²) in [5, 5.41) is 2.93. The average molecular weight is 336 g/mol. The van der Waals surface area contributed by atoms with Crippen LogP contribution in [0.3, 0.4) is 0 Å². The van der Waals surface area contributed by atoms with E-state index in [-0.39, 0.29) is 24.6 Å². The molecule has 0 bridgehead atoms. The van der Waals surface area contributed by atoms with E-state index in [2.05, 4.69) is 23.5 Å². The summed E-state index contributed by atoms with van der Waals surface area (Å²) in [6, 6.07) is 13.5. The zero-order chi connectivity index (χ0) is 17.4. The molecule has 2 aromatic rings. The van der Waals surface area contributed by atoms with Crippen LogP contribution in [0.25, 0.3) is 0 Å². The maximum atomic E-state index is 12.7. The number of rotatable bonds is 2. The second-order valence-electron chi connectivity index (χ2n) is 6.60. The standard InChI is InChI=1S/C20H20N2O3/c1-22(18-8-4-6-13-5-2-3-7-16(13)18)20(24)21-15-9-10-17-14(11-15)12-25-19(17)23/h2-3,5,7,9-11,18H,4,6,8,12H2,1H3,(H,21,24)/t18-/m1/s1. The first-order valence-corrected chi connectivity index (χ1v) is 8.55. The molecule has 1 N–H and O–H groups in total. The van der Waals surface area contributed by atoms with Crippen molar-refractivity contribution < 1.29 is 14.3 Å². The number of nitrogens with one attached hydrogen (secondary N) is 1. The summed E-state index contributed by atoms with van der Waals surface area (Å²) in [5.41, 5.74) is 4.63. The van der Waals surface area contributed by atoms with Crippen LogP contribution in [0.5, 0.6) is 0 Å². The Hall–Kier alpha value is -2.82. The fourth-order valence-electron chi connectivity index (χ4n) is 3.69. The van der Waals surface area contributed by atoms with Gasteiger partial charge in [0.2, 0.25) is 0 Å². The third-order valence-electron chi connectivity index (χ3n) is 5.06. The average Bonchev–Trinajstić information content (AvgIpc) is 3.01. The van der Waals surface area contributed by atoms with E-state index < -0.39 is 0 Å². The third-order valence-corrected chi connectivity index (χ3v) is 5.06. The number of cyclic esters (lactones) is 1. The smallest absolute Gasteiger partial charge is 0.338 e. The van der Waals surface area contributed by atoms with Crippen molar-refractivity contribution in [3.63, 3.8) is 0 Å². The lowest BCUT2D eigenvalue weighted by Crippen LogP contribution is -2.36. The number of carbonyl (C=O) groups is 2. The summed E-state index contributed by atoms with van der Waals surface area (Å²) in [7, 11) is 1.84. The second kappa shape index (κ2) is 6.24. The molecule has 1 atom stereocenters. The molecule has 0 radical (unpaired) electrons. The minimum absolute atomic E-state index is 0.0873. The first-order valence-electron chi connectivity index (χ1n) is 8.55. The third kappa shape index (κ3) is 2.86. The molecule has 1 heterocycles. The molecule has 2 amide bonds. The van der Waals surface area contributed by atoms with Crippen molar-refractivity contribution in [1.82, 2.24) is 4.90 Å². The minimum atomic E-state index is -0.302. The number of hydrogen-bond acceptors (Lipinski definition) is 3. The van der Waals surface area contributed by atoms with Crippen LogP contribution < -0.4 is 5.32 Å². The van der Waals surface area contributed by atoms with E-state index in [1.54, 1.807) is 23.1 Å². The Morgan fingerprint density at radius 1 is 1.20 bits per heavy atom. The highest BCUT2D eigenvalue weighted by molar-refractivity contribution is 5.95. The molecule has 0 unspecified atom stereocenters. The summed E-state index contributed by atoms with van der Waals surface area (Å²) >= 11 is 0. The van der Waals surface area contributed by atoms with Crippen molar-refractivity contribution in [1.29, 1.82) is 0 Å². The molecule has 0 aromatic heterocycles. The predicted molar refractivity (Wildman–Crippen MR) is 94.5 cm³/mol. The SMILES string of the molecule is CN(C(=O)Nc1ccc2c(c1)COC2=O)[C@@H]1CCCc2ccccc21. The van der Waals surface area contributed by atoms with Gasteiger partial charge in [0.15, 0.2) is 0 Å². The molecule has 2 aromatic carbocycles. The number of anilines is 1. The van der Waals surface area contributed by atoms with Crippen LogP contribution in [0.2, 0.25) is 0 Å². The molecule has 2 aliphatic rings. The van der Waals surface area contributed by atoms with Gasteiger partial charge in [-0.15, -0.1) is 0 Å².